The quantitative estimate of drug-likeness (QED) is 0.834. The van der Waals surface area contributed by atoms with Gasteiger partial charge in [0.1, 0.15) is 11.9 Å². The number of anilines is 1. The van der Waals surface area contributed by atoms with Crippen molar-refractivity contribution in [2.45, 2.75) is 13.0 Å². The highest BCUT2D eigenvalue weighted by atomic mass is 16.5. The van der Waals surface area contributed by atoms with Gasteiger partial charge < -0.3 is 10.1 Å². The average molecular weight is 247 g/mol. The summed E-state index contributed by atoms with van der Waals surface area (Å²) in [5, 5.41) is 11.9. The molecule has 1 atom stereocenters. The molecule has 1 aliphatic rings. The largest absolute Gasteiger partial charge is 0.379 e. The summed E-state index contributed by atoms with van der Waals surface area (Å²) in [6.07, 6.45) is 3.06. The Kier molecular flexibility index (Phi) is 4.45. The van der Waals surface area contributed by atoms with Crippen LogP contribution in [0.15, 0.2) is 12.4 Å². The first-order chi connectivity index (χ1) is 8.79. The van der Waals surface area contributed by atoms with Gasteiger partial charge in [-0.05, 0) is 6.92 Å². The predicted octanol–water partition coefficient (Wildman–Crippen LogP) is 0.481. The van der Waals surface area contributed by atoms with E-state index in [9.17, 15) is 0 Å². The molecule has 6 heteroatoms. The SMILES string of the molecule is CC(CNc1cnc(C#N)cn1)N1CCOCC1. The molecule has 0 amide bonds. The molecule has 96 valence electrons. The molecule has 1 N–H and O–H groups in total. The number of nitrogens with one attached hydrogen (secondary N) is 1. The van der Waals surface area contributed by atoms with Crippen LogP contribution in [0, 0.1) is 11.3 Å². The second-order valence-corrected chi connectivity index (χ2v) is 4.28. The van der Waals surface area contributed by atoms with E-state index >= 15 is 0 Å². The smallest absolute Gasteiger partial charge is 0.158 e. The molecule has 6 nitrogen and oxygen atoms in total. The minimum Gasteiger partial charge on any atom is -0.379 e. The zero-order valence-corrected chi connectivity index (χ0v) is 10.5. The molecule has 0 radical (unpaired) electrons. The second-order valence-electron chi connectivity index (χ2n) is 4.28. The van der Waals surface area contributed by atoms with E-state index in [1.54, 1.807) is 6.20 Å². The van der Waals surface area contributed by atoms with E-state index in [0.717, 1.165) is 32.8 Å². The highest BCUT2D eigenvalue weighted by molar-refractivity contribution is 5.33. The highest BCUT2D eigenvalue weighted by Gasteiger charge is 2.16. The lowest BCUT2D eigenvalue weighted by Gasteiger charge is -2.32. The third kappa shape index (κ3) is 3.39. The van der Waals surface area contributed by atoms with Gasteiger partial charge in [0.15, 0.2) is 5.69 Å². The number of nitrogens with zero attached hydrogens (tertiary/aromatic N) is 4. The van der Waals surface area contributed by atoms with Crippen molar-refractivity contribution in [2.75, 3.05) is 38.2 Å². The first-order valence-corrected chi connectivity index (χ1v) is 6.07. The molecular weight excluding hydrogens is 230 g/mol. The normalized spacial score (nSPS) is 18.0. The van der Waals surface area contributed by atoms with Crippen LogP contribution in [0.25, 0.3) is 0 Å². The minimum atomic E-state index is 0.335. The van der Waals surface area contributed by atoms with Crippen LogP contribution in [0.1, 0.15) is 12.6 Å². The predicted molar refractivity (Wildman–Crippen MR) is 67.1 cm³/mol. The van der Waals surface area contributed by atoms with E-state index in [-0.39, 0.29) is 0 Å². The maximum absolute atomic E-state index is 8.63. The van der Waals surface area contributed by atoms with Crippen molar-refractivity contribution in [2.24, 2.45) is 0 Å². The van der Waals surface area contributed by atoms with Gasteiger partial charge in [0, 0.05) is 25.7 Å². The molecule has 2 heterocycles. The Morgan fingerprint density at radius 2 is 2.22 bits per heavy atom. The Morgan fingerprint density at radius 3 is 2.83 bits per heavy atom. The van der Waals surface area contributed by atoms with Crippen molar-refractivity contribution in [3.8, 4) is 6.07 Å². The average Bonchev–Trinajstić information content (AvgIpc) is 2.46. The van der Waals surface area contributed by atoms with E-state index in [0.29, 0.717) is 17.6 Å². The van der Waals surface area contributed by atoms with Crippen LogP contribution < -0.4 is 5.32 Å². The third-order valence-corrected chi connectivity index (χ3v) is 3.01. The van der Waals surface area contributed by atoms with Gasteiger partial charge in [-0.25, -0.2) is 9.97 Å². The fraction of sp³-hybridized carbons (Fsp3) is 0.583. The number of hydrogen-bond donors (Lipinski definition) is 1. The van der Waals surface area contributed by atoms with Gasteiger partial charge in [0.2, 0.25) is 0 Å². The maximum atomic E-state index is 8.63. The van der Waals surface area contributed by atoms with Crippen molar-refractivity contribution >= 4 is 5.82 Å². The van der Waals surface area contributed by atoms with Gasteiger partial charge in [-0.15, -0.1) is 0 Å². The molecule has 1 aromatic rings. The second kappa shape index (κ2) is 6.28. The summed E-state index contributed by atoms with van der Waals surface area (Å²) in [4.78, 5) is 10.5. The summed E-state index contributed by atoms with van der Waals surface area (Å²) in [7, 11) is 0. The van der Waals surface area contributed by atoms with E-state index in [1.807, 2.05) is 6.07 Å². The molecule has 1 fully saturated rings. The van der Waals surface area contributed by atoms with Gasteiger partial charge in [0.25, 0.3) is 0 Å². The van der Waals surface area contributed by atoms with Crippen LogP contribution >= 0.6 is 0 Å². The molecule has 0 aromatic carbocycles. The Balaban J connectivity index is 1.81. The Bertz CT molecular complexity index is 407. The van der Waals surface area contributed by atoms with E-state index < -0.39 is 0 Å². The van der Waals surface area contributed by atoms with Gasteiger partial charge in [0.05, 0.1) is 25.6 Å². The molecule has 18 heavy (non-hydrogen) atoms. The fourth-order valence-electron chi connectivity index (χ4n) is 1.88. The Hall–Kier alpha value is -1.71. The van der Waals surface area contributed by atoms with Crippen molar-refractivity contribution in [3.63, 3.8) is 0 Å². The molecule has 0 bridgehead atoms. The fourth-order valence-corrected chi connectivity index (χ4v) is 1.88. The number of nitriles is 1. The standard InChI is InChI=1S/C12H17N5O/c1-10(17-2-4-18-5-3-17)7-15-12-9-14-11(6-13)8-16-12/h8-10H,2-5,7H2,1H3,(H,15,16). The van der Waals surface area contributed by atoms with Crippen molar-refractivity contribution < 1.29 is 4.74 Å². The Labute approximate surface area is 107 Å². The zero-order valence-electron chi connectivity index (χ0n) is 10.5. The zero-order chi connectivity index (χ0) is 12.8. The monoisotopic (exact) mass is 247 g/mol. The number of morpholine rings is 1. The molecule has 1 saturated heterocycles. The summed E-state index contributed by atoms with van der Waals surface area (Å²) >= 11 is 0. The molecule has 0 aliphatic carbocycles. The molecule has 0 spiro atoms. The molecule has 0 saturated carbocycles. The van der Waals surface area contributed by atoms with Gasteiger partial charge in [-0.2, -0.15) is 5.26 Å². The minimum absolute atomic E-state index is 0.335. The lowest BCUT2D eigenvalue weighted by atomic mass is 10.2. The third-order valence-electron chi connectivity index (χ3n) is 3.01. The summed E-state index contributed by atoms with van der Waals surface area (Å²) < 4.78 is 5.32. The number of rotatable bonds is 4. The molecular formula is C12H17N5O. The molecule has 1 unspecified atom stereocenters. The van der Waals surface area contributed by atoms with E-state index in [4.69, 9.17) is 10.00 Å². The topological polar surface area (TPSA) is 74.1 Å². The van der Waals surface area contributed by atoms with Gasteiger partial charge >= 0.3 is 0 Å². The van der Waals surface area contributed by atoms with Gasteiger partial charge in [-0.3, -0.25) is 4.90 Å². The Morgan fingerprint density at radius 1 is 1.44 bits per heavy atom. The van der Waals surface area contributed by atoms with Crippen LogP contribution in [0.5, 0.6) is 0 Å². The summed E-state index contributed by atoms with van der Waals surface area (Å²) in [5.41, 5.74) is 0.335. The molecule has 1 aliphatic heterocycles. The first-order valence-electron chi connectivity index (χ1n) is 6.07. The van der Waals surface area contributed by atoms with Crippen molar-refractivity contribution in [1.29, 1.82) is 5.26 Å². The van der Waals surface area contributed by atoms with Crippen molar-refractivity contribution in [1.82, 2.24) is 14.9 Å². The van der Waals surface area contributed by atoms with E-state index in [2.05, 4.69) is 27.1 Å². The van der Waals surface area contributed by atoms with E-state index in [1.165, 1.54) is 6.20 Å². The van der Waals surface area contributed by atoms with Crippen LogP contribution in [0.2, 0.25) is 0 Å². The summed E-state index contributed by atoms with van der Waals surface area (Å²) in [6.45, 7) is 6.54. The lowest BCUT2D eigenvalue weighted by Crippen LogP contribution is -2.45. The maximum Gasteiger partial charge on any atom is 0.158 e. The first kappa shape index (κ1) is 12.7. The van der Waals surface area contributed by atoms with Gasteiger partial charge in [-0.1, -0.05) is 0 Å². The molecule has 2 rings (SSSR count). The number of aromatic nitrogens is 2. The van der Waals surface area contributed by atoms with Crippen LogP contribution in [0.4, 0.5) is 5.82 Å². The highest BCUT2D eigenvalue weighted by Crippen LogP contribution is 2.06. The lowest BCUT2D eigenvalue weighted by molar-refractivity contribution is 0.0227. The van der Waals surface area contributed by atoms with Crippen LogP contribution in [-0.4, -0.2) is 53.8 Å². The number of hydrogen-bond acceptors (Lipinski definition) is 6. The van der Waals surface area contributed by atoms with Crippen LogP contribution in [-0.2, 0) is 4.74 Å². The molecule has 1 aromatic heterocycles. The summed E-state index contributed by atoms with van der Waals surface area (Å²) in [5.74, 6) is 0.703. The van der Waals surface area contributed by atoms with Crippen LogP contribution in [0.3, 0.4) is 0 Å². The summed E-state index contributed by atoms with van der Waals surface area (Å²) in [6, 6.07) is 2.37. The van der Waals surface area contributed by atoms with Crippen molar-refractivity contribution in [3.05, 3.63) is 18.1 Å². The number of ether oxygens (including phenoxy) is 1.